The molecule has 0 amide bonds. The molecule has 4 heteroatoms. The van der Waals surface area contributed by atoms with Crippen LogP contribution in [0.15, 0.2) is 0 Å². The molecule has 0 fully saturated rings. The molecule has 0 aromatic rings. The second kappa shape index (κ2) is 14.9. The van der Waals surface area contributed by atoms with E-state index in [1.165, 1.54) is 0 Å². The maximum Gasteiger partial charge on any atom is 0.0564 e. The monoisotopic (exact) mass is 264 g/mol. The highest BCUT2D eigenvalue weighted by Gasteiger charge is 2.05. The molecule has 0 aliphatic heterocycles. The summed E-state index contributed by atoms with van der Waals surface area (Å²) in [6, 6.07) is 0. The summed E-state index contributed by atoms with van der Waals surface area (Å²) < 4.78 is 0. The van der Waals surface area contributed by atoms with E-state index in [1.807, 2.05) is 6.92 Å². The molecule has 18 heavy (non-hydrogen) atoms. The Morgan fingerprint density at radius 3 is 1.83 bits per heavy atom. The van der Waals surface area contributed by atoms with E-state index in [1.54, 1.807) is 6.92 Å². The SMILES string of the molecule is CCCC(O)CC(C)O.CCCCC(O)CCO. The number of hydrogen-bond donors (Lipinski definition) is 4. The van der Waals surface area contributed by atoms with Crippen molar-refractivity contribution >= 4 is 0 Å². The van der Waals surface area contributed by atoms with Crippen LogP contribution in [0.5, 0.6) is 0 Å². The van der Waals surface area contributed by atoms with E-state index in [9.17, 15) is 0 Å². The summed E-state index contributed by atoms with van der Waals surface area (Å²) in [5, 5.41) is 35.2. The highest BCUT2D eigenvalue weighted by atomic mass is 16.3. The van der Waals surface area contributed by atoms with Gasteiger partial charge >= 0.3 is 0 Å². The molecule has 0 aliphatic rings. The van der Waals surface area contributed by atoms with E-state index < -0.39 is 0 Å². The average Bonchev–Trinajstić information content (AvgIpc) is 2.27. The quantitative estimate of drug-likeness (QED) is 0.512. The van der Waals surface area contributed by atoms with Crippen LogP contribution in [-0.2, 0) is 0 Å². The third kappa shape index (κ3) is 18.2. The predicted octanol–water partition coefficient (Wildman–Crippen LogP) is 1.84. The normalized spacial score (nSPS) is 15.5. The van der Waals surface area contributed by atoms with E-state index in [-0.39, 0.29) is 24.9 Å². The van der Waals surface area contributed by atoms with Crippen molar-refractivity contribution in [1.29, 1.82) is 0 Å². The highest BCUT2D eigenvalue weighted by molar-refractivity contribution is 4.57. The zero-order valence-corrected chi connectivity index (χ0v) is 12.2. The summed E-state index contributed by atoms with van der Waals surface area (Å²) in [6.07, 6.45) is 4.85. The zero-order chi connectivity index (χ0) is 14.4. The highest BCUT2D eigenvalue weighted by Crippen LogP contribution is 2.03. The number of hydrogen-bond acceptors (Lipinski definition) is 4. The molecule has 0 saturated heterocycles. The van der Waals surface area contributed by atoms with Gasteiger partial charge in [0.15, 0.2) is 0 Å². The third-order valence-corrected chi connectivity index (χ3v) is 2.59. The Kier molecular flexibility index (Phi) is 16.7. The van der Waals surface area contributed by atoms with Gasteiger partial charge in [-0.3, -0.25) is 0 Å². The predicted molar refractivity (Wildman–Crippen MR) is 74.4 cm³/mol. The fourth-order valence-electron chi connectivity index (χ4n) is 1.58. The van der Waals surface area contributed by atoms with Crippen LogP contribution in [-0.4, -0.2) is 45.3 Å². The second-order valence-electron chi connectivity index (χ2n) is 4.84. The number of unbranched alkanes of at least 4 members (excludes halogenated alkanes) is 1. The Hall–Kier alpha value is -0.160. The van der Waals surface area contributed by atoms with Crippen molar-refractivity contribution in [2.45, 2.75) is 84.0 Å². The fraction of sp³-hybridized carbons (Fsp3) is 1.00. The minimum absolute atomic E-state index is 0.102. The van der Waals surface area contributed by atoms with Gasteiger partial charge in [0.25, 0.3) is 0 Å². The molecule has 0 rings (SSSR count). The number of aliphatic hydroxyl groups is 4. The smallest absolute Gasteiger partial charge is 0.0564 e. The van der Waals surface area contributed by atoms with Gasteiger partial charge in [-0.2, -0.15) is 0 Å². The van der Waals surface area contributed by atoms with Crippen molar-refractivity contribution in [2.75, 3.05) is 6.61 Å². The van der Waals surface area contributed by atoms with Gasteiger partial charge in [-0.1, -0.05) is 33.1 Å². The van der Waals surface area contributed by atoms with Crippen LogP contribution in [0.25, 0.3) is 0 Å². The maximum absolute atomic E-state index is 9.06. The van der Waals surface area contributed by atoms with Crippen LogP contribution < -0.4 is 0 Å². The molecule has 112 valence electrons. The van der Waals surface area contributed by atoms with E-state index in [0.717, 1.165) is 32.1 Å². The topological polar surface area (TPSA) is 80.9 Å². The lowest BCUT2D eigenvalue weighted by Gasteiger charge is -2.09. The van der Waals surface area contributed by atoms with E-state index in [4.69, 9.17) is 20.4 Å². The van der Waals surface area contributed by atoms with Crippen LogP contribution in [0.2, 0.25) is 0 Å². The molecular formula is C14H32O4. The lowest BCUT2D eigenvalue weighted by Crippen LogP contribution is -2.13. The molecular weight excluding hydrogens is 232 g/mol. The fourth-order valence-corrected chi connectivity index (χ4v) is 1.58. The molecule has 4 N–H and O–H groups in total. The van der Waals surface area contributed by atoms with Gasteiger partial charge in [0.05, 0.1) is 18.3 Å². The Labute approximate surface area is 112 Å². The van der Waals surface area contributed by atoms with E-state index in [0.29, 0.717) is 12.8 Å². The molecule has 0 aromatic carbocycles. The minimum atomic E-state index is -0.369. The van der Waals surface area contributed by atoms with E-state index in [2.05, 4.69) is 6.92 Å². The maximum atomic E-state index is 9.06. The summed E-state index contributed by atoms with van der Waals surface area (Å²) in [5.41, 5.74) is 0. The van der Waals surface area contributed by atoms with Gasteiger partial charge in [0.1, 0.15) is 0 Å². The van der Waals surface area contributed by atoms with Gasteiger partial charge in [-0.05, 0) is 32.6 Å². The zero-order valence-electron chi connectivity index (χ0n) is 12.2. The van der Waals surface area contributed by atoms with Gasteiger partial charge in [-0.25, -0.2) is 0 Å². The molecule has 0 spiro atoms. The first-order valence-corrected chi connectivity index (χ1v) is 7.12. The first kappa shape index (κ1) is 20.2. The Balaban J connectivity index is 0. The average molecular weight is 264 g/mol. The molecule has 3 unspecified atom stereocenters. The molecule has 0 radical (unpaired) electrons. The van der Waals surface area contributed by atoms with Crippen LogP contribution in [0, 0.1) is 0 Å². The lowest BCUT2D eigenvalue weighted by molar-refractivity contribution is 0.0848. The van der Waals surface area contributed by atoms with Crippen molar-refractivity contribution in [1.82, 2.24) is 0 Å². The summed E-state index contributed by atoms with van der Waals surface area (Å²) in [5.74, 6) is 0. The third-order valence-electron chi connectivity index (χ3n) is 2.59. The molecule has 0 heterocycles. The van der Waals surface area contributed by atoms with Crippen molar-refractivity contribution in [3.63, 3.8) is 0 Å². The summed E-state index contributed by atoms with van der Waals surface area (Å²) in [7, 11) is 0. The van der Waals surface area contributed by atoms with Crippen LogP contribution >= 0.6 is 0 Å². The Morgan fingerprint density at radius 2 is 1.44 bits per heavy atom. The minimum Gasteiger partial charge on any atom is -0.396 e. The number of aliphatic hydroxyl groups excluding tert-OH is 4. The Bertz CT molecular complexity index is 151. The van der Waals surface area contributed by atoms with Crippen molar-refractivity contribution in [3.8, 4) is 0 Å². The summed E-state index contributed by atoms with van der Waals surface area (Å²) >= 11 is 0. The standard InChI is InChI=1S/2C7H16O2/c1-3-4-7(9)5-6(2)8;1-2-3-4-7(9)5-6-8/h6-9H,3-5H2,1-2H3;7-9H,2-6H2,1H3. The molecule has 0 saturated carbocycles. The van der Waals surface area contributed by atoms with Gasteiger partial charge in [-0.15, -0.1) is 0 Å². The molecule has 0 aliphatic carbocycles. The van der Waals surface area contributed by atoms with Crippen LogP contribution in [0.4, 0.5) is 0 Å². The van der Waals surface area contributed by atoms with Crippen LogP contribution in [0.1, 0.15) is 65.7 Å². The molecule has 3 atom stereocenters. The molecule has 0 aromatic heterocycles. The van der Waals surface area contributed by atoms with Crippen LogP contribution in [0.3, 0.4) is 0 Å². The van der Waals surface area contributed by atoms with Crippen molar-refractivity contribution < 1.29 is 20.4 Å². The Morgan fingerprint density at radius 1 is 0.833 bits per heavy atom. The second-order valence-corrected chi connectivity index (χ2v) is 4.84. The molecule has 0 bridgehead atoms. The van der Waals surface area contributed by atoms with Gasteiger partial charge in [0, 0.05) is 6.61 Å². The van der Waals surface area contributed by atoms with Crippen molar-refractivity contribution in [3.05, 3.63) is 0 Å². The first-order valence-electron chi connectivity index (χ1n) is 7.12. The number of rotatable bonds is 9. The lowest BCUT2D eigenvalue weighted by atomic mass is 10.1. The summed E-state index contributed by atoms with van der Waals surface area (Å²) in [6.45, 7) is 5.90. The van der Waals surface area contributed by atoms with E-state index >= 15 is 0 Å². The van der Waals surface area contributed by atoms with Gasteiger partial charge < -0.3 is 20.4 Å². The van der Waals surface area contributed by atoms with Crippen molar-refractivity contribution in [2.24, 2.45) is 0 Å². The largest absolute Gasteiger partial charge is 0.396 e. The molecule has 4 nitrogen and oxygen atoms in total. The van der Waals surface area contributed by atoms with Gasteiger partial charge in [0.2, 0.25) is 0 Å². The summed E-state index contributed by atoms with van der Waals surface area (Å²) in [4.78, 5) is 0. The first-order chi connectivity index (χ1) is 8.47.